The Bertz CT molecular complexity index is 1230. The van der Waals surface area contributed by atoms with Crippen LogP contribution in [-0.4, -0.2) is 77.2 Å². The Labute approximate surface area is 211 Å². The second-order valence-electron chi connectivity index (χ2n) is 9.48. The molecule has 1 N–H and O–H groups in total. The highest BCUT2D eigenvalue weighted by Crippen LogP contribution is 2.38. The first-order valence-corrected chi connectivity index (χ1v) is 12.4. The Hall–Kier alpha value is -3.91. The largest absolute Gasteiger partial charge is 0.465 e. The Morgan fingerprint density at radius 2 is 1.53 bits per heavy atom. The van der Waals surface area contributed by atoms with Crippen molar-refractivity contribution in [3.05, 3.63) is 72.4 Å². The highest BCUT2D eigenvalue weighted by atomic mass is 16.4. The van der Waals surface area contributed by atoms with Crippen molar-refractivity contribution in [3.8, 4) is 11.3 Å². The third-order valence-corrected chi connectivity index (χ3v) is 7.06. The van der Waals surface area contributed by atoms with Gasteiger partial charge in [0.1, 0.15) is 0 Å². The van der Waals surface area contributed by atoms with Gasteiger partial charge in [0.2, 0.25) is 0 Å². The van der Waals surface area contributed by atoms with E-state index >= 15 is 0 Å². The summed E-state index contributed by atoms with van der Waals surface area (Å²) in [6, 6.07) is 19.9. The van der Waals surface area contributed by atoms with Crippen molar-refractivity contribution in [1.29, 1.82) is 0 Å². The van der Waals surface area contributed by atoms with E-state index in [1.165, 1.54) is 4.90 Å². The number of carbonyl (C=O) groups is 2. The molecule has 1 aromatic heterocycles. The molecule has 2 aromatic carbocycles. The molecule has 0 atom stereocenters. The molecule has 8 nitrogen and oxygen atoms in total. The molecule has 2 aliphatic rings. The molecule has 3 heterocycles. The van der Waals surface area contributed by atoms with Crippen molar-refractivity contribution in [2.45, 2.75) is 19.9 Å². The minimum Gasteiger partial charge on any atom is -0.465 e. The van der Waals surface area contributed by atoms with Gasteiger partial charge < -0.3 is 14.9 Å². The van der Waals surface area contributed by atoms with E-state index in [1.807, 2.05) is 65.6 Å². The highest BCUT2D eigenvalue weighted by molar-refractivity contribution is 5.95. The first-order valence-electron chi connectivity index (χ1n) is 12.4. The van der Waals surface area contributed by atoms with Gasteiger partial charge in [-0.3, -0.25) is 19.6 Å². The number of fused-ring (bicyclic) bond motifs is 1. The maximum absolute atomic E-state index is 12.9. The lowest BCUT2D eigenvalue weighted by Gasteiger charge is -2.36. The number of benzene rings is 2. The molecule has 0 radical (unpaired) electrons. The second-order valence-corrected chi connectivity index (χ2v) is 9.48. The van der Waals surface area contributed by atoms with Gasteiger partial charge in [-0.05, 0) is 50.2 Å². The second kappa shape index (κ2) is 9.99. The van der Waals surface area contributed by atoms with Crippen molar-refractivity contribution in [2.75, 3.05) is 49.1 Å². The number of rotatable bonds is 4. The van der Waals surface area contributed by atoms with Gasteiger partial charge in [-0.25, -0.2) is 4.79 Å². The van der Waals surface area contributed by atoms with Gasteiger partial charge in [0, 0.05) is 62.8 Å². The fourth-order valence-corrected chi connectivity index (χ4v) is 4.96. The van der Waals surface area contributed by atoms with Crippen LogP contribution in [0.4, 0.5) is 21.9 Å². The van der Waals surface area contributed by atoms with E-state index in [-0.39, 0.29) is 5.91 Å². The van der Waals surface area contributed by atoms with Crippen molar-refractivity contribution >= 4 is 29.1 Å². The van der Waals surface area contributed by atoms with Crippen LogP contribution in [0.15, 0.2) is 66.9 Å². The summed E-state index contributed by atoms with van der Waals surface area (Å²) in [5.41, 5.74) is 4.92. The van der Waals surface area contributed by atoms with Crippen molar-refractivity contribution in [3.63, 3.8) is 0 Å². The molecule has 3 aromatic rings. The van der Waals surface area contributed by atoms with E-state index in [2.05, 4.69) is 28.6 Å². The summed E-state index contributed by atoms with van der Waals surface area (Å²) in [5, 5.41) is 9.54. The number of amides is 2. The SMILES string of the molecule is CC(C)N1CCN(C(=O)c2ccc(-c3ccc(N4CCN(C(=O)O)c5ccccc54)cc3)nc2)CC1. The monoisotopic (exact) mass is 485 g/mol. The third-order valence-electron chi connectivity index (χ3n) is 7.06. The van der Waals surface area contributed by atoms with E-state index in [4.69, 9.17) is 0 Å². The average molecular weight is 486 g/mol. The van der Waals surface area contributed by atoms with Crippen LogP contribution in [0.3, 0.4) is 0 Å². The Morgan fingerprint density at radius 1 is 0.833 bits per heavy atom. The van der Waals surface area contributed by atoms with E-state index in [0.717, 1.165) is 48.8 Å². The van der Waals surface area contributed by atoms with E-state index < -0.39 is 6.09 Å². The predicted octanol–water partition coefficient (Wildman–Crippen LogP) is 4.55. The topological polar surface area (TPSA) is 80.2 Å². The van der Waals surface area contributed by atoms with Crippen LogP contribution in [0, 0.1) is 0 Å². The Balaban J connectivity index is 1.29. The number of pyridine rings is 1. The third kappa shape index (κ3) is 4.64. The molecule has 2 amide bonds. The van der Waals surface area contributed by atoms with Gasteiger partial charge in [0.05, 0.1) is 22.6 Å². The zero-order valence-electron chi connectivity index (χ0n) is 20.7. The summed E-state index contributed by atoms with van der Waals surface area (Å²) in [4.78, 5) is 36.9. The first-order chi connectivity index (χ1) is 17.4. The van der Waals surface area contributed by atoms with Gasteiger partial charge in [-0.15, -0.1) is 0 Å². The minimum atomic E-state index is -0.941. The molecule has 36 heavy (non-hydrogen) atoms. The predicted molar refractivity (Wildman–Crippen MR) is 141 cm³/mol. The summed E-state index contributed by atoms with van der Waals surface area (Å²) in [6.07, 6.45) is 0.727. The molecule has 0 saturated carbocycles. The Morgan fingerprint density at radius 3 is 2.14 bits per heavy atom. The van der Waals surface area contributed by atoms with E-state index in [0.29, 0.717) is 30.4 Å². The van der Waals surface area contributed by atoms with Gasteiger partial charge in [0.15, 0.2) is 0 Å². The molecule has 0 bridgehead atoms. The van der Waals surface area contributed by atoms with E-state index in [9.17, 15) is 14.7 Å². The Kier molecular flexibility index (Phi) is 6.61. The molecule has 1 saturated heterocycles. The van der Waals surface area contributed by atoms with Crippen LogP contribution in [0.2, 0.25) is 0 Å². The lowest BCUT2D eigenvalue weighted by atomic mass is 10.1. The number of nitrogens with zero attached hydrogens (tertiary/aromatic N) is 5. The fourth-order valence-electron chi connectivity index (χ4n) is 4.96. The summed E-state index contributed by atoms with van der Waals surface area (Å²) in [5.74, 6) is 0.0342. The molecular weight excluding hydrogens is 454 g/mol. The van der Waals surface area contributed by atoms with Crippen LogP contribution in [-0.2, 0) is 0 Å². The fraction of sp³-hybridized carbons (Fsp3) is 0.321. The maximum Gasteiger partial charge on any atom is 0.411 e. The first kappa shape index (κ1) is 23.8. The average Bonchev–Trinajstić information content (AvgIpc) is 2.92. The van der Waals surface area contributed by atoms with Crippen molar-refractivity contribution < 1.29 is 14.7 Å². The standard InChI is InChI=1S/C28H31N5O3/c1-20(2)30-13-15-31(16-14-30)27(34)22-9-12-24(29-19-22)21-7-10-23(11-8-21)32-17-18-33(28(35)36)26-6-4-3-5-25(26)32/h3-12,19-20H,13-18H2,1-2H3,(H,35,36). The zero-order chi connectivity index (χ0) is 25.2. The van der Waals surface area contributed by atoms with Crippen molar-refractivity contribution in [2.24, 2.45) is 0 Å². The molecule has 8 heteroatoms. The normalized spacial score (nSPS) is 16.2. The number of aromatic nitrogens is 1. The number of carboxylic acid groups (broad SMARTS) is 1. The number of anilines is 3. The molecule has 0 unspecified atom stereocenters. The van der Waals surface area contributed by atoms with Crippen LogP contribution in [0.25, 0.3) is 11.3 Å². The van der Waals surface area contributed by atoms with Crippen LogP contribution in [0.1, 0.15) is 24.2 Å². The minimum absolute atomic E-state index is 0.0342. The smallest absolute Gasteiger partial charge is 0.411 e. The van der Waals surface area contributed by atoms with Crippen LogP contribution in [0.5, 0.6) is 0 Å². The molecule has 0 aliphatic carbocycles. The number of piperazine rings is 1. The number of hydrogen-bond donors (Lipinski definition) is 1. The molecule has 1 fully saturated rings. The van der Waals surface area contributed by atoms with Gasteiger partial charge in [0.25, 0.3) is 5.91 Å². The van der Waals surface area contributed by atoms with E-state index in [1.54, 1.807) is 6.20 Å². The quantitative estimate of drug-likeness (QED) is 0.584. The zero-order valence-corrected chi connectivity index (χ0v) is 20.7. The summed E-state index contributed by atoms with van der Waals surface area (Å²) in [7, 11) is 0. The number of hydrogen-bond acceptors (Lipinski definition) is 5. The molecular formula is C28H31N5O3. The molecule has 2 aliphatic heterocycles. The summed E-state index contributed by atoms with van der Waals surface area (Å²) in [6.45, 7) is 8.62. The maximum atomic E-state index is 12.9. The number of carbonyl (C=O) groups excluding carboxylic acids is 1. The van der Waals surface area contributed by atoms with Gasteiger partial charge in [-0.2, -0.15) is 0 Å². The lowest BCUT2D eigenvalue weighted by Crippen LogP contribution is -2.50. The van der Waals surface area contributed by atoms with Crippen molar-refractivity contribution in [1.82, 2.24) is 14.8 Å². The highest BCUT2D eigenvalue weighted by Gasteiger charge is 2.27. The number of para-hydroxylation sites is 2. The van der Waals surface area contributed by atoms with Crippen LogP contribution < -0.4 is 9.80 Å². The summed E-state index contributed by atoms with van der Waals surface area (Å²) < 4.78 is 0. The lowest BCUT2D eigenvalue weighted by molar-refractivity contribution is 0.0595. The molecule has 0 spiro atoms. The molecule has 5 rings (SSSR count). The van der Waals surface area contributed by atoms with Gasteiger partial charge in [-0.1, -0.05) is 24.3 Å². The van der Waals surface area contributed by atoms with Crippen LogP contribution >= 0.6 is 0 Å². The molecule has 186 valence electrons. The summed E-state index contributed by atoms with van der Waals surface area (Å²) >= 11 is 0. The van der Waals surface area contributed by atoms with Gasteiger partial charge >= 0.3 is 6.09 Å².